The summed E-state index contributed by atoms with van der Waals surface area (Å²) < 4.78 is 5.47. The Morgan fingerprint density at radius 1 is 1.03 bits per heavy atom. The van der Waals surface area contributed by atoms with Crippen molar-refractivity contribution in [3.63, 3.8) is 0 Å². The molecule has 0 heterocycles. The van der Waals surface area contributed by atoms with Gasteiger partial charge in [0.25, 0.3) is 0 Å². The predicted molar refractivity (Wildman–Crippen MR) is 126 cm³/mol. The molecule has 0 saturated heterocycles. The molecule has 7 heteroatoms. The molecular weight excluding hydrogens is 420 g/mol. The molecule has 2 aromatic rings. The third-order valence-corrected chi connectivity index (χ3v) is 5.74. The topological polar surface area (TPSA) is 105 Å². The average Bonchev–Trinajstić information content (AvgIpc) is 3.08. The van der Waals surface area contributed by atoms with E-state index in [-0.39, 0.29) is 19.1 Å². The maximum absolute atomic E-state index is 12.3. The van der Waals surface area contributed by atoms with E-state index in [1.54, 1.807) is 27.7 Å². The second-order valence-electron chi connectivity index (χ2n) is 9.20. The lowest BCUT2D eigenvalue weighted by Crippen LogP contribution is -2.49. The molecule has 1 unspecified atom stereocenters. The summed E-state index contributed by atoms with van der Waals surface area (Å²) in [5, 5.41) is 14.5. The molecule has 3 rings (SSSR count). The van der Waals surface area contributed by atoms with Gasteiger partial charge in [0.2, 0.25) is 5.91 Å². The van der Waals surface area contributed by atoms with Gasteiger partial charge in [0.15, 0.2) is 0 Å². The molecule has 0 saturated carbocycles. The highest BCUT2D eigenvalue weighted by molar-refractivity contribution is 5.95. The van der Waals surface area contributed by atoms with Crippen LogP contribution < -0.4 is 10.6 Å². The Kier molecular flexibility index (Phi) is 7.21. The number of aliphatic carboxylic acids is 1. The monoisotopic (exact) mass is 450 g/mol. The smallest absolute Gasteiger partial charge is 0.407 e. The lowest BCUT2D eigenvalue weighted by Gasteiger charge is -2.27. The van der Waals surface area contributed by atoms with Gasteiger partial charge in [-0.3, -0.25) is 4.79 Å². The zero-order valence-corrected chi connectivity index (χ0v) is 19.3. The van der Waals surface area contributed by atoms with Crippen molar-refractivity contribution in [1.29, 1.82) is 0 Å². The molecule has 0 bridgehead atoms. The zero-order valence-electron chi connectivity index (χ0n) is 19.3. The van der Waals surface area contributed by atoms with Gasteiger partial charge in [0, 0.05) is 18.0 Å². The molecule has 0 aromatic heterocycles. The van der Waals surface area contributed by atoms with Gasteiger partial charge < -0.3 is 20.5 Å². The fourth-order valence-corrected chi connectivity index (χ4v) is 3.92. The lowest BCUT2D eigenvalue weighted by molar-refractivity contribution is -0.144. The van der Waals surface area contributed by atoms with Crippen LogP contribution in [-0.2, 0) is 14.3 Å². The van der Waals surface area contributed by atoms with E-state index in [9.17, 15) is 19.5 Å². The third kappa shape index (κ3) is 5.61. The number of carbonyl (C=O) groups excluding carboxylic acids is 2. The van der Waals surface area contributed by atoms with Crippen LogP contribution in [0.4, 0.5) is 4.79 Å². The quantitative estimate of drug-likeness (QED) is 0.551. The minimum absolute atomic E-state index is 0.0310. The number of benzene rings is 2. The Morgan fingerprint density at radius 3 is 2.09 bits per heavy atom. The van der Waals surface area contributed by atoms with Crippen molar-refractivity contribution in [3.8, 4) is 11.1 Å². The van der Waals surface area contributed by atoms with Gasteiger partial charge in [-0.25, -0.2) is 9.59 Å². The zero-order chi connectivity index (χ0) is 24.2. The van der Waals surface area contributed by atoms with Crippen LogP contribution in [0.2, 0.25) is 0 Å². The number of amides is 2. The highest BCUT2D eigenvalue weighted by Crippen LogP contribution is 2.44. The van der Waals surface area contributed by atoms with Gasteiger partial charge in [-0.05, 0) is 34.6 Å². The van der Waals surface area contributed by atoms with Crippen molar-refractivity contribution >= 4 is 18.0 Å². The van der Waals surface area contributed by atoms with Crippen LogP contribution >= 0.6 is 0 Å². The standard InChI is InChI=1S/C26H30N2O5/c1-16(23(29)28-22(24(30)31)26(2,3)4)13-14-27-25(32)33-15-21-19-11-7-5-9-17(19)18-10-6-8-12-20(18)21/h5-13,21-22H,14-15H2,1-4H3,(H,27,32)(H,28,29)(H,30,31)/b16-13+. The SMILES string of the molecule is C/C(=C\CNC(=O)OCC1c2ccccc2-c2ccccc21)C(=O)NC(C(=O)O)C(C)(C)C. The van der Waals surface area contributed by atoms with Gasteiger partial charge in [0.05, 0.1) is 0 Å². The van der Waals surface area contributed by atoms with Crippen LogP contribution in [0.25, 0.3) is 11.1 Å². The second-order valence-corrected chi connectivity index (χ2v) is 9.20. The highest BCUT2D eigenvalue weighted by atomic mass is 16.5. The van der Waals surface area contributed by atoms with Gasteiger partial charge in [-0.15, -0.1) is 0 Å². The Morgan fingerprint density at radius 2 is 1.58 bits per heavy atom. The third-order valence-electron chi connectivity index (χ3n) is 5.74. The number of carbonyl (C=O) groups is 3. The van der Waals surface area contributed by atoms with Gasteiger partial charge in [-0.1, -0.05) is 75.4 Å². The van der Waals surface area contributed by atoms with Crippen LogP contribution in [0.3, 0.4) is 0 Å². The Hall–Kier alpha value is -3.61. The summed E-state index contributed by atoms with van der Waals surface area (Å²) in [5.41, 5.74) is 4.24. The molecule has 1 aliphatic rings. The average molecular weight is 451 g/mol. The van der Waals surface area contributed by atoms with Crippen LogP contribution in [0.5, 0.6) is 0 Å². The first kappa shape index (κ1) is 24.0. The number of carboxylic acids is 1. The van der Waals surface area contributed by atoms with E-state index in [1.807, 2.05) is 36.4 Å². The minimum atomic E-state index is -1.10. The molecule has 33 heavy (non-hydrogen) atoms. The summed E-state index contributed by atoms with van der Waals surface area (Å²) in [4.78, 5) is 36.0. The Balaban J connectivity index is 1.53. The van der Waals surface area contributed by atoms with Crippen molar-refractivity contribution in [2.24, 2.45) is 5.41 Å². The number of hydrogen-bond acceptors (Lipinski definition) is 4. The van der Waals surface area contributed by atoms with Crippen molar-refractivity contribution in [2.75, 3.05) is 13.2 Å². The number of ether oxygens (including phenoxy) is 1. The van der Waals surface area contributed by atoms with E-state index >= 15 is 0 Å². The molecule has 0 radical (unpaired) electrons. The number of carboxylic acid groups (broad SMARTS) is 1. The normalized spacial score (nSPS) is 14.1. The van der Waals surface area contributed by atoms with Crippen molar-refractivity contribution in [3.05, 3.63) is 71.3 Å². The molecule has 2 aromatic carbocycles. The number of fused-ring (bicyclic) bond motifs is 3. The van der Waals surface area contributed by atoms with E-state index in [0.29, 0.717) is 5.57 Å². The number of nitrogens with one attached hydrogen (secondary N) is 2. The van der Waals surface area contributed by atoms with E-state index in [2.05, 4.69) is 22.8 Å². The lowest BCUT2D eigenvalue weighted by atomic mass is 9.86. The second kappa shape index (κ2) is 9.90. The molecular formula is C26H30N2O5. The summed E-state index contributed by atoms with van der Waals surface area (Å²) in [6.45, 7) is 7.08. The van der Waals surface area contributed by atoms with E-state index < -0.39 is 29.4 Å². The van der Waals surface area contributed by atoms with Gasteiger partial charge in [0.1, 0.15) is 12.6 Å². The van der Waals surface area contributed by atoms with Gasteiger partial charge >= 0.3 is 12.1 Å². The van der Waals surface area contributed by atoms with E-state index in [0.717, 1.165) is 22.3 Å². The first-order chi connectivity index (χ1) is 15.6. The van der Waals surface area contributed by atoms with E-state index in [1.165, 1.54) is 6.08 Å². The summed E-state index contributed by atoms with van der Waals surface area (Å²) in [6, 6.07) is 15.2. The Labute approximate surface area is 193 Å². The molecule has 1 atom stereocenters. The molecule has 0 fully saturated rings. The molecule has 7 nitrogen and oxygen atoms in total. The molecule has 1 aliphatic carbocycles. The van der Waals surface area contributed by atoms with Crippen molar-refractivity contribution in [2.45, 2.75) is 39.7 Å². The first-order valence-electron chi connectivity index (χ1n) is 10.9. The first-order valence-corrected chi connectivity index (χ1v) is 10.9. The minimum Gasteiger partial charge on any atom is -0.480 e. The molecule has 0 aliphatic heterocycles. The largest absolute Gasteiger partial charge is 0.480 e. The summed E-state index contributed by atoms with van der Waals surface area (Å²) >= 11 is 0. The van der Waals surface area contributed by atoms with E-state index in [4.69, 9.17) is 4.74 Å². The highest BCUT2D eigenvalue weighted by Gasteiger charge is 2.33. The fraction of sp³-hybridized carbons (Fsp3) is 0.346. The summed E-state index contributed by atoms with van der Waals surface area (Å²) in [5.74, 6) is -1.62. The predicted octanol–water partition coefficient (Wildman–Crippen LogP) is 4.09. The number of rotatable bonds is 7. The van der Waals surface area contributed by atoms with Crippen molar-refractivity contribution < 1.29 is 24.2 Å². The number of alkyl carbamates (subject to hydrolysis) is 1. The van der Waals surface area contributed by atoms with Crippen LogP contribution in [0.15, 0.2) is 60.2 Å². The van der Waals surface area contributed by atoms with Crippen LogP contribution in [-0.4, -0.2) is 42.3 Å². The Bertz CT molecular complexity index is 1040. The number of hydrogen-bond donors (Lipinski definition) is 3. The summed E-state index contributed by atoms with van der Waals surface area (Å²) in [6.07, 6.45) is 0.942. The fourth-order valence-electron chi connectivity index (χ4n) is 3.92. The van der Waals surface area contributed by atoms with Crippen molar-refractivity contribution in [1.82, 2.24) is 10.6 Å². The molecule has 174 valence electrons. The van der Waals surface area contributed by atoms with Crippen LogP contribution in [0, 0.1) is 5.41 Å². The molecule has 2 amide bonds. The molecule has 3 N–H and O–H groups in total. The molecule has 0 spiro atoms. The summed E-state index contributed by atoms with van der Waals surface area (Å²) in [7, 11) is 0. The van der Waals surface area contributed by atoms with Gasteiger partial charge in [-0.2, -0.15) is 0 Å². The maximum atomic E-state index is 12.3. The maximum Gasteiger partial charge on any atom is 0.407 e. The van der Waals surface area contributed by atoms with Crippen LogP contribution in [0.1, 0.15) is 44.7 Å².